The summed E-state index contributed by atoms with van der Waals surface area (Å²) in [6.45, 7) is 18.8. The number of esters is 2. The van der Waals surface area contributed by atoms with E-state index in [4.69, 9.17) is 9.47 Å². The van der Waals surface area contributed by atoms with E-state index in [1.54, 1.807) is 0 Å². The van der Waals surface area contributed by atoms with Crippen LogP contribution in [0.3, 0.4) is 0 Å². The highest BCUT2D eigenvalue weighted by atomic mass is 16.6. The third-order valence-corrected chi connectivity index (χ3v) is 5.47. The van der Waals surface area contributed by atoms with E-state index in [0.717, 1.165) is 45.8 Å². The Morgan fingerprint density at radius 1 is 0.714 bits per heavy atom. The number of carbonyl (C=O) groups excluding carboxylic acids is 2. The summed E-state index contributed by atoms with van der Waals surface area (Å²) in [6.07, 6.45) is 0. The maximum atomic E-state index is 12.6. The summed E-state index contributed by atoms with van der Waals surface area (Å²) < 4.78 is 11.1. The SMILES string of the molecule is CC(C)(C)OC(=O)CN1CCNCCN(Cc2ccccc2)CCN(CC(=O)OC(C)(C)C)CC1. The quantitative estimate of drug-likeness (QED) is 0.610. The van der Waals surface area contributed by atoms with E-state index < -0.39 is 11.2 Å². The lowest BCUT2D eigenvalue weighted by Gasteiger charge is -2.32. The third-order valence-electron chi connectivity index (χ3n) is 5.47. The van der Waals surface area contributed by atoms with Crippen LogP contribution in [0, 0.1) is 0 Å². The molecule has 0 unspecified atom stereocenters. The second-order valence-electron chi connectivity index (χ2n) is 11.2. The molecule has 35 heavy (non-hydrogen) atoms. The van der Waals surface area contributed by atoms with Crippen LogP contribution < -0.4 is 5.32 Å². The summed E-state index contributed by atoms with van der Waals surface area (Å²) >= 11 is 0. The lowest BCUT2D eigenvalue weighted by atomic mass is 10.2. The van der Waals surface area contributed by atoms with Crippen molar-refractivity contribution in [2.24, 2.45) is 0 Å². The molecule has 1 aliphatic heterocycles. The van der Waals surface area contributed by atoms with Gasteiger partial charge in [-0.15, -0.1) is 0 Å². The van der Waals surface area contributed by atoms with Crippen molar-refractivity contribution in [2.75, 3.05) is 65.4 Å². The van der Waals surface area contributed by atoms with Crippen LogP contribution >= 0.6 is 0 Å². The Morgan fingerprint density at radius 2 is 1.14 bits per heavy atom. The molecule has 0 atom stereocenters. The summed E-state index contributed by atoms with van der Waals surface area (Å²) in [5.74, 6) is -0.447. The van der Waals surface area contributed by atoms with E-state index in [1.807, 2.05) is 47.6 Å². The standard InChI is InChI=1S/C27H46N4O4/c1-26(2,3)34-24(32)21-30-15-13-28-12-14-29(20-23-10-8-7-9-11-23)16-18-31(19-17-30)22-25(33)35-27(4,5)6/h7-11,28H,12-22H2,1-6H3. The van der Waals surface area contributed by atoms with Crippen molar-refractivity contribution < 1.29 is 19.1 Å². The van der Waals surface area contributed by atoms with Gasteiger partial charge in [0.15, 0.2) is 0 Å². The van der Waals surface area contributed by atoms with E-state index in [0.29, 0.717) is 13.1 Å². The third kappa shape index (κ3) is 13.6. The first-order chi connectivity index (χ1) is 16.4. The van der Waals surface area contributed by atoms with Gasteiger partial charge in [-0.25, -0.2) is 0 Å². The number of nitrogens with zero attached hydrogens (tertiary/aromatic N) is 3. The highest BCUT2D eigenvalue weighted by Crippen LogP contribution is 2.10. The van der Waals surface area contributed by atoms with Crippen LogP contribution in [0.25, 0.3) is 0 Å². The minimum atomic E-state index is -0.517. The fraction of sp³-hybridized carbons (Fsp3) is 0.704. The van der Waals surface area contributed by atoms with E-state index in [2.05, 4.69) is 44.3 Å². The average Bonchev–Trinajstić information content (AvgIpc) is 2.71. The zero-order valence-corrected chi connectivity index (χ0v) is 22.6. The fourth-order valence-electron chi connectivity index (χ4n) is 3.93. The Labute approximate surface area is 211 Å². The summed E-state index contributed by atoms with van der Waals surface area (Å²) in [6, 6.07) is 10.5. The molecule has 198 valence electrons. The lowest BCUT2D eigenvalue weighted by molar-refractivity contribution is -0.158. The molecule has 1 heterocycles. The molecule has 0 saturated carbocycles. The molecule has 0 aliphatic carbocycles. The van der Waals surface area contributed by atoms with E-state index in [-0.39, 0.29) is 25.0 Å². The largest absolute Gasteiger partial charge is 0.459 e. The normalized spacial score (nSPS) is 18.3. The highest BCUT2D eigenvalue weighted by Gasteiger charge is 2.23. The van der Waals surface area contributed by atoms with Crippen molar-refractivity contribution in [1.29, 1.82) is 0 Å². The Hall–Kier alpha value is -2.00. The number of rotatable bonds is 6. The van der Waals surface area contributed by atoms with Gasteiger partial charge in [-0.1, -0.05) is 30.3 Å². The summed E-state index contributed by atoms with van der Waals surface area (Å²) in [5, 5.41) is 3.52. The van der Waals surface area contributed by atoms with Crippen molar-refractivity contribution >= 4 is 11.9 Å². The van der Waals surface area contributed by atoms with Crippen molar-refractivity contribution in [1.82, 2.24) is 20.0 Å². The zero-order valence-electron chi connectivity index (χ0n) is 22.6. The molecule has 8 heteroatoms. The molecule has 0 amide bonds. The Bertz CT molecular complexity index is 774. The number of carbonyl (C=O) groups is 2. The van der Waals surface area contributed by atoms with Gasteiger partial charge in [0.05, 0.1) is 13.1 Å². The Kier molecular flexibility index (Phi) is 11.6. The van der Waals surface area contributed by atoms with E-state index >= 15 is 0 Å². The molecule has 8 nitrogen and oxygen atoms in total. The molecule has 1 aromatic carbocycles. The fourth-order valence-corrected chi connectivity index (χ4v) is 3.93. The summed E-state index contributed by atoms with van der Waals surface area (Å²) in [5.41, 5.74) is 0.256. The van der Waals surface area contributed by atoms with Gasteiger partial charge < -0.3 is 14.8 Å². The summed E-state index contributed by atoms with van der Waals surface area (Å²) in [7, 11) is 0. The van der Waals surface area contributed by atoms with Gasteiger partial charge >= 0.3 is 11.9 Å². The van der Waals surface area contributed by atoms with Crippen molar-refractivity contribution in [2.45, 2.75) is 59.3 Å². The first-order valence-corrected chi connectivity index (χ1v) is 12.7. The van der Waals surface area contributed by atoms with Crippen LogP contribution in [-0.4, -0.2) is 103 Å². The molecule has 0 spiro atoms. The molecule has 2 rings (SSSR count). The van der Waals surface area contributed by atoms with Crippen LogP contribution in [0.1, 0.15) is 47.1 Å². The maximum absolute atomic E-state index is 12.6. The Morgan fingerprint density at radius 3 is 1.63 bits per heavy atom. The first kappa shape index (κ1) is 29.2. The van der Waals surface area contributed by atoms with Crippen LogP contribution in [0.2, 0.25) is 0 Å². The second kappa shape index (κ2) is 13.9. The van der Waals surface area contributed by atoms with Crippen LogP contribution in [0.5, 0.6) is 0 Å². The van der Waals surface area contributed by atoms with Crippen LogP contribution in [0.15, 0.2) is 30.3 Å². The van der Waals surface area contributed by atoms with E-state index in [1.165, 1.54) is 5.56 Å². The molecule has 1 saturated heterocycles. The number of ether oxygens (including phenoxy) is 2. The molecule has 0 radical (unpaired) electrons. The van der Waals surface area contributed by atoms with Gasteiger partial charge in [0, 0.05) is 58.9 Å². The van der Waals surface area contributed by atoms with Crippen molar-refractivity contribution in [3.63, 3.8) is 0 Å². The predicted molar refractivity (Wildman–Crippen MR) is 139 cm³/mol. The number of hydrogen-bond donors (Lipinski definition) is 1. The highest BCUT2D eigenvalue weighted by molar-refractivity contribution is 5.72. The van der Waals surface area contributed by atoms with Gasteiger partial charge in [0.25, 0.3) is 0 Å². The lowest BCUT2D eigenvalue weighted by Crippen LogP contribution is -2.47. The molecular weight excluding hydrogens is 444 g/mol. The minimum absolute atomic E-state index is 0.223. The van der Waals surface area contributed by atoms with E-state index in [9.17, 15) is 9.59 Å². The number of benzene rings is 1. The molecular formula is C27H46N4O4. The summed E-state index contributed by atoms with van der Waals surface area (Å²) in [4.78, 5) is 31.7. The van der Waals surface area contributed by atoms with Crippen molar-refractivity contribution in [3.8, 4) is 0 Å². The first-order valence-electron chi connectivity index (χ1n) is 12.7. The second-order valence-corrected chi connectivity index (χ2v) is 11.2. The molecule has 1 aliphatic rings. The van der Waals surface area contributed by atoms with Gasteiger partial charge in [0.1, 0.15) is 11.2 Å². The molecule has 1 aromatic rings. The monoisotopic (exact) mass is 490 g/mol. The van der Waals surface area contributed by atoms with Gasteiger partial charge in [-0.3, -0.25) is 24.3 Å². The number of nitrogens with one attached hydrogen (secondary N) is 1. The number of hydrogen-bond acceptors (Lipinski definition) is 8. The average molecular weight is 491 g/mol. The maximum Gasteiger partial charge on any atom is 0.320 e. The van der Waals surface area contributed by atoms with Gasteiger partial charge in [-0.05, 0) is 47.1 Å². The van der Waals surface area contributed by atoms with Crippen LogP contribution in [-0.2, 0) is 25.6 Å². The van der Waals surface area contributed by atoms with Crippen LogP contribution in [0.4, 0.5) is 0 Å². The zero-order chi connectivity index (χ0) is 25.9. The molecule has 0 aromatic heterocycles. The predicted octanol–water partition coefficient (Wildman–Crippen LogP) is 2.38. The topological polar surface area (TPSA) is 74.4 Å². The molecule has 1 fully saturated rings. The minimum Gasteiger partial charge on any atom is -0.459 e. The van der Waals surface area contributed by atoms with Gasteiger partial charge in [0.2, 0.25) is 0 Å². The molecule has 1 N–H and O–H groups in total. The van der Waals surface area contributed by atoms with Crippen molar-refractivity contribution in [3.05, 3.63) is 35.9 Å². The smallest absolute Gasteiger partial charge is 0.320 e. The Balaban J connectivity index is 2.06. The van der Waals surface area contributed by atoms with Gasteiger partial charge in [-0.2, -0.15) is 0 Å². The molecule has 0 bridgehead atoms.